The molecule has 1 aromatic carbocycles. The summed E-state index contributed by atoms with van der Waals surface area (Å²) in [4.78, 5) is 2.44. The van der Waals surface area contributed by atoms with Crippen molar-refractivity contribution in [3.05, 3.63) is 48.0 Å². The Morgan fingerprint density at radius 2 is 2.06 bits per heavy atom. The van der Waals surface area contributed by atoms with Crippen LogP contribution in [0.1, 0.15) is 30.5 Å². The summed E-state index contributed by atoms with van der Waals surface area (Å²) in [5.74, 6) is 0. The summed E-state index contributed by atoms with van der Waals surface area (Å²) in [6.07, 6.45) is 1.93. The molecule has 0 saturated heterocycles. The lowest BCUT2D eigenvalue weighted by Crippen LogP contribution is -2.35. The Balaban J connectivity index is 2.45. The van der Waals surface area contributed by atoms with Crippen molar-refractivity contribution >= 4 is 11.6 Å². The molecule has 1 aliphatic rings. The number of nitrogens with zero attached hydrogens (tertiary/aromatic N) is 1. The van der Waals surface area contributed by atoms with Gasteiger partial charge in [-0.1, -0.05) is 37.4 Å². The molecule has 1 heteroatoms. The first kappa shape index (κ1) is 11.2. The van der Waals surface area contributed by atoms with Crippen molar-refractivity contribution in [3.8, 4) is 0 Å². The van der Waals surface area contributed by atoms with Gasteiger partial charge in [0.1, 0.15) is 0 Å². The molecule has 0 spiro atoms. The topological polar surface area (TPSA) is 3.24 Å². The van der Waals surface area contributed by atoms with E-state index in [0.717, 1.165) is 13.1 Å². The molecule has 1 heterocycles. The Kier molecular flexibility index (Phi) is 2.97. The standard InChI is InChI=1S/C15H19N/c1-5-13-7-6-8-14-10-16(11(2)3)9-12(4)15(13)14/h5-8,11H,1,4,9-10H2,2-3H3. The molecule has 16 heavy (non-hydrogen) atoms. The summed E-state index contributed by atoms with van der Waals surface area (Å²) in [5, 5.41) is 0. The van der Waals surface area contributed by atoms with E-state index in [1.165, 1.54) is 22.3 Å². The highest BCUT2D eigenvalue weighted by Gasteiger charge is 2.22. The zero-order valence-electron chi connectivity index (χ0n) is 10.2. The molecule has 0 saturated carbocycles. The van der Waals surface area contributed by atoms with Crippen molar-refractivity contribution in [2.45, 2.75) is 26.4 Å². The molecule has 0 aromatic heterocycles. The number of hydrogen-bond acceptors (Lipinski definition) is 1. The maximum atomic E-state index is 4.21. The van der Waals surface area contributed by atoms with Gasteiger partial charge in [0.2, 0.25) is 0 Å². The number of benzene rings is 1. The van der Waals surface area contributed by atoms with Crippen LogP contribution in [0, 0.1) is 0 Å². The summed E-state index contributed by atoms with van der Waals surface area (Å²) < 4.78 is 0. The SMILES string of the molecule is C=Cc1cccc2c1C(=C)CN(C(C)C)C2. The van der Waals surface area contributed by atoms with Crippen LogP contribution in [0.2, 0.25) is 0 Å². The van der Waals surface area contributed by atoms with Crippen LogP contribution < -0.4 is 0 Å². The van der Waals surface area contributed by atoms with Crippen molar-refractivity contribution in [2.75, 3.05) is 6.54 Å². The van der Waals surface area contributed by atoms with Crippen molar-refractivity contribution in [1.29, 1.82) is 0 Å². The summed E-state index contributed by atoms with van der Waals surface area (Å²) >= 11 is 0. The fraction of sp³-hybridized carbons (Fsp3) is 0.333. The van der Waals surface area contributed by atoms with Gasteiger partial charge in [0.25, 0.3) is 0 Å². The molecular weight excluding hydrogens is 194 g/mol. The fourth-order valence-electron chi connectivity index (χ4n) is 2.32. The van der Waals surface area contributed by atoms with E-state index in [2.05, 4.69) is 50.1 Å². The van der Waals surface area contributed by atoms with Crippen molar-refractivity contribution in [1.82, 2.24) is 4.90 Å². The highest BCUT2D eigenvalue weighted by molar-refractivity contribution is 5.77. The quantitative estimate of drug-likeness (QED) is 0.726. The van der Waals surface area contributed by atoms with Gasteiger partial charge >= 0.3 is 0 Å². The van der Waals surface area contributed by atoms with E-state index in [1.807, 2.05) is 6.08 Å². The highest BCUT2D eigenvalue weighted by atomic mass is 15.1. The van der Waals surface area contributed by atoms with Gasteiger partial charge in [0, 0.05) is 19.1 Å². The largest absolute Gasteiger partial charge is 0.292 e. The molecule has 0 amide bonds. The first-order valence-corrected chi connectivity index (χ1v) is 5.80. The lowest BCUT2D eigenvalue weighted by Gasteiger charge is -2.34. The van der Waals surface area contributed by atoms with E-state index in [1.54, 1.807) is 0 Å². The monoisotopic (exact) mass is 213 g/mol. The molecule has 0 bridgehead atoms. The highest BCUT2D eigenvalue weighted by Crippen LogP contribution is 2.30. The Labute approximate surface area is 98.1 Å². The molecule has 2 rings (SSSR count). The molecule has 1 nitrogen and oxygen atoms in total. The molecule has 0 fully saturated rings. The van der Waals surface area contributed by atoms with Crippen LogP contribution in [-0.2, 0) is 6.54 Å². The van der Waals surface area contributed by atoms with Gasteiger partial charge in [-0.3, -0.25) is 4.90 Å². The fourth-order valence-corrected chi connectivity index (χ4v) is 2.32. The van der Waals surface area contributed by atoms with E-state index < -0.39 is 0 Å². The van der Waals surface area contributed by atoms with Gasteiger partial charge < -0.3 is 0 Å². The maximum Gasteiger partial charge on any atom is 0.0246 e. The molecule has 84 valence electrons. The third-order valence-electron chi connectivity index (χ3n) is 3.25. The van der Waals surface area contributed by atoms with Gasteiger partial charge in [0.05, 0.1) is 0 Å². The first-order valence-electron chi connectivity index (χ1n) is 5.80. The van der Waals surface area contributed by atoms with Crippen LogP contribution in [0.25, 0.3) is 11.6 Å². The van der Waals surface area contributed by atoms with E-state index in [9.17, 15) is 0 Å². The lowest BCUT2D eigenvalue weighted by atomic mass is 9.91. The van der Waals surface area contributed by atoms with Crippen molar-refractivity contribution in [2.24, 2.45) is 0 Å². The Morgan fingerprint density at radius 3 is 2.69 bits per heavy atom. The summed E-state index contributed by atoms with van der Waals surface area (Å²) in [5.41, 5.74) is 5.12. The van der Waals surface area contributed by atoms with Crippen molar-refractivity contribution in [3.63, 3.8) is 0 Å². The van der Waals surface area contributed by atoms with Gasteiger partial charge in [-0.25, -0.2) is 0 Å². The molecule has 1 aliphatic heterocycles. The molecule has 0 aliphatic carbocycles. The van der Waals surface area contributed by atoms with Crippen LogP contribution >= 0.6 is 0 Å². The molecular formula is C15H19N. The number of rotatable bonds is 2. The zero-order chi connectivity index (χ0) is 11.7. The van der Waals surface area contributed by atoms with Gasteiger partial charge in [-0.2, -0.15) is 0 Å². The zero-order valence-corrected chi connectivity index (χ0v) is 10.2. The maximum absolute atomic E-state index is 4.21. The summed E-state index contributed by atoms with van der Waals surface area (Å²) in [7, 11) is 0. The van der Waals surface area contributed by atoms with Crippen LogP contribution in [0.5, 0.6) is 0 Å². The second kappa shape index (κ2) is 4.26. The van der Waals surface area contributed by atoms with Crippen LogP contribution in [0.3, 0.4) is 0 Å². The first-order chi connectivity index (χ1) is 7.63. The van der Waals surface area contributed by atoms with E-state index in [0.29, 0.717) is 6.04 Å². The Hall–Kier alpha value is -1.34. The summed E-state index contributed by atoms with van der Waals surface area (Å²) in [6.45, 7) is 14.5. The predicted octanol–water partition coefficient (Wildman–Crippen LogP) is 3.57. The predicted molar refractivity (Wildman–Crippen MR) is 71.1 cm³/mol. The molecule has 0 unspecified atom stereocenters. The second-order valence-electron chi connectivity index (χ2n) is 4.69. The average Bonchev–Trinajstić information content (AvgIpc) is 2.27. The van der Waals surface area contributed by atoms with E-state index in [4.69, 9.17) is 0 Å². The molecule has 0 N–H and O–H groups in total. The smallest absolute Gasteiger partial charge is 0.0246 e. The third kappa shape index (κ3) is 1.83. The minimum Gasteiger partial charge on any atom is -0.292 e. The number of fused-ring (bicyclic) bond motifs is 1. The normalized spacial score (nSPS) is 16.3. The van der Waals surface area contributed by atoms with Gasteiger partial charge in [-0.05, 0) is 36.1 Å². The molecule has 1 aromatic rings. The Morgan fingerprint density at radius 1 is 1.31 bits per heavy atom. The van der Waals surface area contributed by atoms with Crippen LogP contribution in [0.4, 0.5) is 0 Å². The Bertz CT molecular complexity index is 429. The minimum atomic E-state index is 0.567. The summed E-state index contributed by atoms with van der Waals surface area (Å²) in [6, 6.07) is 6.98. The molecule has 0 radical (unpaired) electrons. The number of hydrogen-bond donors (Lipinski definition) is 0. The third-order valence-corrected chi connectivity index (χ3v) is 3.25. The van der Waals surface area contributed by atoms with Gasteiger partial charge in [-0.15, -0.1) is 0 Å². The van der Waals surface area contributed by atoms with Crippen molar-refractivity contribution < 1.29 is 0 Å². The minimum absolute atomic E-state index is 0.567. The van der Waals surface area contributed by atoms with Crippen LogP contribution in [-0.4, -0.2) is 17.5 Å². The van der Waals surface area contributed by atoms with Crippen LogP contribution in [0.15, 0.2) is 31.4 Å². The average molecular weight is 213 g/mol. The van der Waals surface area contributed by atoms with E-state index in [-0.39, 0.29) is 0 Å². The van der Waals surface area contributed by atoms with E-state index >= 15 is 0 Å². The lowest BCUT2D eigenvalue weighted by molar-refractivity contribution is 0.235. The molecule has 0 atom stereocenters. The van der Waals surface area contributed by atoms with Gasteiger partial charge in [0.15, 0.2) is 0 Å². The second-order valence-corrected chi connectivity index (χ2v) is 4.69.